The lowest BCUT2D eigenvalue weighted by Crippen LogP contribution is -2.46. The highest BCUT2D eigenvalue weighted by Crippen LogP contribution is 2.43. The van der Waals surface area contributed by atoms with Crippen LogP contribution in [-0.2, 0) is 18.4 Å². The second kappa shape index (κ2) is 67.8. The van der Waals surface area contributed by atoms with Gasteiger partial charge in [-0.15, -0.1) is 0 Å². The van der Waals surface area contributed by atoms with Crippen LogP contribution in [0.15, 0.2) is 97.2 Å². The summed E-state index contributed by atoms with van der Waals surface area (Å²) in [4.78, 5) is 23.5. The molecule has 87 heavy (non-hydrogen) atoms. The number of allylic oxidation sites excluding steroid dienone is 16. The summed E-state index contributed by atoms with van der Waals surface area (Å²) in [5.41, 5.74) is 0. The molecule has 0 aliphatic heterocycles. The number of nitrogens with zero attached hydrogens (tertiary/aromatic N) is 1. The largest absolute Gasteiger partial charge is 0.472 e. The van der Waals surface area contributed by atoms with E-state index in [-0.39, 0.29) is 19.1 Å². The molecule has 0 bridgehead atoms. The predicted molar refractivity (Wildman–Crippen MR) is 383 cm³/mol. The number of aliphatic hydroxyl groups excluding tert-OH is 1. The summed E-state index contributed by atoms with van der Waals surface area (Å²) >= 11 is 0. The number of phosphoric acid groups is 1. The third-order valence-corrected chi connectivity index (χ3v) is 17.6. The highest BCUT2D eigenvalue weighted by molar-refractivity contribution is 7.47. The molecule has 0 aliphatic carbocycles. The Balaban J connectivity index is 4.04. The lowest BCUT2D eigenvalue weighted by atomic mass is 10.0. The van der Waals surface area contributed by atoms with Gasteiger partial charge in [-0.3, -0.25) is 13.8 Å². The molecule has 3 atom stereocenters. The first-order chi connectivity index (χ1) is 42.5. The van der Waals surface area contributed by atoms with Crippen molar-refractivity contribution in [3.63, 3.8) is 0 Å². The van der Waals surface area contributed by atoms with Gasteiger partial charge in [-0.1, -0.05) is 355 Å². The summed E-state index contributed by atoms with van der Waals surface area (Å²) in [6.45, 7) is 4.81. The number of amides is 1. The van der Waals surface area contributed by atoms with E-state index in [1.165, 1.54) is 225 Å². The van der Waals surface area contributed by atoms with Crippen LogP contribution in [-0.4, -0.2) is 73.4 Å². The van der Waals surface area contributed by atoms with Crippen LogP contribution in [0, 0.1) is 0 Å². The van der Waals surface area contributed by atoms with E-state index in [1.54, 1.807) is 0 Å². The van der Waals surface area contributed by atoms with Crippen molar-refractivity contribution < 1.29 is 32.9 Å². The first-order valence-corrected chi connectivity index (χ1v) is 38.6. The Morgan fingerprint density at radius 3 is 1.01 bits per heavy atom. The number of carbonyl (C=O) groups is 1. The Bertz CT molecular complexity index is 1740. The summed E-state index contributed by atoms with van der Waals surface area (Å²) in [7, 11) is 1.62. The fraction of sp³-hybridized carbons (Fsp3) is 0.782. The van der Waals surface area contributed by atoms with Gasteiger partial charge in [-0.25, -0.2) is 4.57 Å². The van der Waals surface area contributed by atoms with Crippen molar-refractivity contribution in [1.29, 1.82) is 0 Å². The number of likely N-dealkylation sites (N-methyl/N-ethyl adjacent to an activating group) is 1. The topological polar surface area (TPSA) is 105 Å². The number of hydrogen-bond donors (Lipinski definition) is 3. The number of phosphoric ester groups is 1. The highest BCUT2D eigenvalue weighted by atomic mass is 31.2. The Morgan fingerprint density at radius 1 is 0.402 bits per heavy atom. The summed E-state index contributed by atoms with van der Waals surface area (Å²) in [5.74, 6) is -0.145. The Hall–Kier alpha value is -2.58. The molecule has 0 fully saturated rings. The van der Waals surface area contributed by atoms with Gasteiger partial charge in [-0.05, 0) is 77.0 Å². The fourth-order valence-corrected chi connectivity index (χ4v) is 11.6. The molecular formula is C78H144N2O6P+. The number of aliphatic hydroxyl groups is 1. The van der Waals surface area contributed by atoms with E-state index in [0.717, 1.165) is 89.9 Å². The summed E-state index contributed by atoms with van der Waals surface area (Å²) < 4.78 is 23.9. The van der Waals surface area contributed by atoms with Crippen molar-refractivity contribution in [1.82, 2.24) is 5.32 Å². The van der Waals surface area contributed by atoms with Crippen LogP contribution >= 0.6 is 7.82 Å². The maximum atomic E-state index is 13.1. The molecule has 0 aromatic rings. The molecule has 0 saturated heterocycles. The molecule has 506 valence electrons. The molecule has 0 aromatic heterocycles. The number of quaternary nitrogens is 1. The van der Waals surface area contributed by atoms with Crippen molar-refractivity contribution in [2.75, 3.05) is 40.9 Å². The van der Waals surface area contributed by atoms with Gasteiger partial charge in [0.1, 0.15) is 13.2 Å². The minimum atomic E-state index is -4.34. The van der Waals surface area contributed by atoms with Gasteiger partial charge in [0.2, 0.25) is 5.91 Å². The predicted octanol–water partition coefficient (Wildman–Crippen LogP) is 24.1. The maximum absolute atomic E-state index is 13.1. The first-order valence-electron chi connectivity index (χ1n) is 37.1. The molecule has 0 aromatic carbocycles. The molecule has 1 amide bonds. The Kier molecular flexibility index (Phi) is 65.8. The van der Waals surface area contributed by atoms with E-state index in [4.69, 9.17) is 9.05 Å². The smallest absolute Gasteiger partial charge is 0.391 e. The molecule has 0 rings (SSSR count). The third-order valence-electron chi connectivity index (χ3n) is 16.6. The van der Waals surface area contributed by atoms with Crippen LogP contribution in [0.1, 0.15) is 341 Å². The highest BCUT2D eigenvalue weighted by Gasteiger charge is 2.28. The van der Waals surface area contributed by atoms with Crippen LogP contribution in [0.2, 0.25) is 0 Å². The number of rotatable bonds is 68. The molecular weight excluding hydrogens is 1090 g/mol. The Morgan fingerprint density at radius 2 is 0.690 bits per heavy atom. The van der Waals surface area contributed by atoms with Crippen LogP contribution in [0.3, 0.4) is 0 Å². The standard InChI is InChI=1S/C78H143N2O6P/c1-6-8-10-12-14-16-18-20-22-24-26-28-30-32-34-36-37-38-39-40-41-42-43-44-46-48-50-52-54-56-58-60-62-64-66-68-70-72-78(82)79-76(75-86-87(83,84)85-74-73-80(3,4)5)77(81)71-69-67-65-63-61-59-57-55-53-51-49-47-45-35-33-31-29-27-25-23-21-19-17-15-13-11-9-7-2/h8,10,14,16,20,22,26,28,32,34,37-38,40-41,43-44,76-77,81H,6-7,9,11-13,15,17-19,21,23-25,27,29-31,33,35-36,39,42,45-75H2,1-5H3,(H-,79,82,83,84)/p+1/b10-8-,16-14-,22-20-,28-26-,34-32-,38-37-,41-40-,44-43-. The van der Waals surface area contributed by atoms with Gasteiger partial charge < -0.3 is 19.8 Å². The zero-order valence-corrected chi connectivity index (χ0v) is 58.9. The van der Waals surface area contributed by atoms with E-state index in [1.807, 2.05) is 21.1 Å². The van der Waals surface area contributed by atoms with Gasteiger partial charge >= 0.3 is 7.82 Å². The number of nitrogens with one attached hydrogen (secondary N) is 1. The van der Waals surface area contributed by atoms with Gasteiger partial charge in [0.15, 0.2) is 0 Å². The monoisotopic (exact) mass is 1240 g/mol. The molecule has 3 unspecified atom stereocenters. The van der Waals surface area contributed by atoms with E-state index < -0.39 is 20.0 Å². The SMILES string of the molecule is CC/C=C\C/C=C\C/C=C\C/C=C\C/C=C\C/C=C\C/C=C\C/C=C\CCCCCCCCCCCCCCC(=O)NC(COP(=O)(O)OCC[N+](C)(C)C)C(O)CCCCCCCCCCCCCCCCCCCCCCCCCCCCCC. The molecule has 0 heterocycles. The lowest BCUT2D eigenvalue weighted by molar-refractivity contribution is -0.870. The third kappa shape index (κ3) is 70.7. The van der Waals surface area contributed by atoms with E-state index in [2.05, 4.69) is 116 Å². The van der Waals surface area contributed by atoms with Gasteiger partial charge in [-0.2, -0.15) is 0 Å². The fourth-order valence-electron chi connectivity index (χ4n) is 10.9. The first kappa shape index (κ1) is 84.4. The minimum absolute atomic E-state index is 0.0717. The normalized spacial score (nSPS) is 14.1. The van der Waals surface area contributed by atoms with Gasteiger partial charge in [0.05, 0.1) is 39.9 Å². The zero-order chi connectivity index (χ0) is 63.4. The molecule has 0 aliphatic rings. The van der Waals surface area contributed by atoms with E-state index in [9.17, 15) is 19.4 Å². The summed E-state index contributed by atoms with van der Waals surface area (Å²) in [5, 5.41) is 14.2. The average Bonchev–Trinajstić information content (AvgIpc) is 3.70. The molecule has 8 nitrogen and oxygen atoms in total. The molecule has 3 N–H and O–H groups in total. The Labute approximate surface area is 540 Å². The van der Waals surface area contributed by atoms with Crippen molar-refractivity contribution in [3.8, 4) is 0 Å². The zero-order valence-electron chi connectivity index (χ0n) is 58.0. The number of carbonyl (C=O) groups excluding carboxylic acids is 1. The number of hydrogen-bond acceptors (Lipinski definition) is 5. The molecule has 0 radical (unpaired) electrons. The second-order valence-corrected chi connectivity index (χ2v) is 27.8. The van der Waals surface area contributed by atoms with Crippen LogP contribution in [0.4, 0.5) is 0 Å². The van der Waals surface area contributed by atoms with Crippen LogP contribution in [0.5, 0.6) is 0 Å². The quantitative estimate of drug-likeness (QED) is 0.0243. The van der Waals surface area contributed by atoms with Crippen LogP contribution in [0.25, 0.3) is 0 Å². The minimum Gasteiger partial charge on any atom is -0.391 e. The maximum Gasteiger partial charge on any atom is 0.472 e. The summed E-state index contributed by atoms with van der Waals surface area (Å²) in [6.07, 6.45) is 98.0. The molecule has 9 heteroatoms. The average molecular weight is 1240 g/mol. The van der Waals surface area contributed by atoms with Crippen molar-refractivity contribution >= 4 is 13.7 Å². The van der Waals surface area contributed by atoms with Crippen molar-refractivity contribution in [3.05, 3.63) is 97.2 Å². The van der Waals surface area contributed by atoms with Gasteiger partial charge in [0, 0.05) is 6.42 Å². The van der Waals surface area contributed by atoms with E-state index in [0.29, 0.717) is 23.9 Å². The van der Waals surface area contributed by atoms with Crippen molar-refractivity contribution in [2.45, 2.75) is 353 Å². The number of unbranched alkanes of at least 4 members (excludes halogenated alkanes) is 39. The van der Waals surface area contributed by atoms with Crippen LogP contribution < -0.4 is 5.32 Å². The second-order valence-electron chi connectivity index (χ2n) is 26.3. The van der Waals surface area contributed by atoms with Gasteiger partial charge in [0.25, 0.3) is 0 Å². The molecule has 0 saturated carbocycles. The van der Waals surface area contributed by atoms with Crippen molar-refractivity contribution in [2.24, 2.45) is 0 Å². The molecule has 0 spiro atoms. The lowest BCUT2D eigenvalue weighted by Gasteiger charge is -2.26. The van der Waals surface area contributed by atoms with E-state index >= 15 is 0 Å². The summed E-state index contributed by atoms with van der Waals surface area (Å²) in [6, 6.07) is -0.769.